The highest BCUT2D eigenvalue weighted by atomic mass is 32.2. The molecule has 0 bridgehead atoms. The van der Waals surface area contributed by atoms with E-state index >= 15 is 0 Å². The van der Waals surface area contributed by atoms with E-state index in [9.17, 15) is 13.2 Å². The van der Waals surface area contributed by atoms with Gasteiger partial charge in [0, 0.05) is 38.3 Å². The summed E-state index contributed by atoms with van der Waals surface area (Å²) < 4.78 is 32.8. The number of sulfonamides is 1. The molecule has 1 aliphatic rings. The Morgan fingerprint density at radius 3 is 2.50 bits per heavy atom. The number of carbonyl (C=O) groups is 1. The first kappa shape index (κ1) is 20.4. The van der Waals surface area contributed by atoms with Crippen molar-refractivity contribution in [3.8, 4) is 16.9 Å². The van der Waals surface area contributed by atoms with Gasteiger partial charge >= 0.3 is 0 Å². The van der Waals surface area contributed by atoms with Gasteiger partial charge in [0.1, 0.15) is 5.75 Å². The fourth-order valence-electron chi connectivity index (χ4n) is 3.50. The summed E-state index contributed by atoms with van der Waals surface area (Å²) in [6.45, 7) is 4.94. The molecular formula is C21H26N2O4S. The minimum Gasteiger partial charge on any atom is -0.496 e. The number of amides is 1. The summed E-state index contributed by atoms with van der Waals surface area (Å²) in [5.74, 6) is 0.812. The topological polar surface area (TPSA) is 66.9 Å². The van der Waals surface area contributed by atoms with Gasteiger partial charge in [-0.15, -0.1) is 0 Å². The van der Waals surface area contributed by atoms with Crippen molar-refractivity contribution in [2.75, 3.05) is 27.7 Å². The van der Waals surface area contributed by atoms with Crippen molar-refractivity contribution < 1.29 is 17.9 Å². The molecule has 0 saturated carbocycles. The first-order valence-corrected chi connectivity index (χ1v) is 10.6. The van der Waals surface area contributed by atoms with E-state index in [1.165, 1.54) is 4.31 Å². The molecule has 0 spiro atoms. The molecular weight excluding hydrogens is 376 g/mol. The number of methoxy groups -OCH3 is 1. The lowest BCUT2D eigenvalue weighted by Crippen LogP contribution is -2.30. The van der Waals surface area contributed by atoms with Crippen LogP contribution in [0.25, 0.3) is 11.1 Å². The average Bonchev–Trinajstić information content (AvgIpc) is 2.94. The molecule has 6 nitrogen and oxygen atoms in total. The Balaban J connectivity index is 2.06. The summed E-state index contributed by atoms with van der Waals surface area (Å²) >= 11 is 0. The molecule has 0 N–H and O–H groups in total. The minimum atomic E-state index is -3.60. The Hall–Kier alpha value is -2.38. The Labute approximate surface area is 166 Å². The van der Waals surface area contributed by atoms with Crippen LogP contribution in [-0.2, 0) is 16.6 Å². The normalized spacial score (nSPS) is 14.1. The third-order valence-electron chi connectivity index (χ3n) is 4.90. The maximum absolute atomic E-state index is 13.0. The maximum atomic E-state index is 13.0. The molecule has 1 amide bonds. The molecule has 2 aromatic carbocycles. The lowest BCUT2D eigenvalue weighted by atomic mass is 9.99. The Kier molecular flexibility index (Phi) is 5.50. The van der Waals surface area contributed by atoms with E-state index in [1.807, 2.05) is 26.0 Å². The second-order valence-electron chi connectivity index (χ2n) is 7.57. The Morgan fingerprint density at radius 2 is 1.86 bits per heavy atom. The van der Waals surface area contributed by atoms with E-state index in [2.05, 4.69) is 0 Å². The van der Waals surface area contributed by atoms with Crippen LogP contribution in [0.2, 0.25) is 0 Å². The zero-order valence-electron chi connectivity index (χ0n) is 16.9. The Morgan fingerprint density at radius 1 is 1.14 bits per heavy atom. The summed E-state index contributed by atoms with van der Waals surface area (Å²) in [4.78, 5) is 14.0. The molecule has 0 aromatic heterocycles. The molecule has 0 fully saturated rings. The number of rotatable bonds is 6. The number of carbonyl (C=O) groups excluding carboxylic acids is 1. The summed E-state index contributed by atoms with van der Waals surface area (Å²) in [6, 6.07) is 10.5. The first-order chi connectivity index (χ1) is 13.1. The third kappa shape index (κ3) is 3.64. The molecule has 2 aromatic rings. The van der Waals surface area contributed by atoms with Crippen LogP contribution in [0.3, 0.4) is 0 Å². The van der Waals surface area contributed by atoms with Gasteiger partial charge in [-0.25, -0.2) is 12.7 Å². The van der Waals surface area contributed by atoms with Crippen LogP contribution in [-0.4, -0.2) is 51.3 Å². The van der Waals surface area contributed by atoms with Gasteiger partial charge in [-0.3, -0.25) is 4.79 Å². The predicted molar refractivity (Wildman–Crippen MR) is 109 cm³/mol. The molecule has 7 heteroatoms. The van der Waals surface area contributed by atoms with Crippen molar-refractivity contribution in [3.63, 3.8) is 0 Å². The average molecular weight is 403 g/mol. The smallest absolute Gasteiger partial charge is 0.254 e. The van der Waals surface area contributed by atoms with Crippen molar-refractivity contribution in [3.05, 3.63) is 47.5 Å². The predicted octanol–water partition coefficient (Wildman–Crippen LogP) is 3.22. The zero-order chi connectivity index (χ0) is 20.6. The SMILES string of the molecule is COc1ccc(S(=O)(=O)N(C)CC(C)C)cc1-c1ccc2c(c1)CN(C)C2=O. The number of hydrogen-bond acceptors (Lipinski definition) is 4. The second kappa shape index (κ2) is 7.56. The van der Waals surface area contributed by atoms with Crippen LogP contribution >= 0.6 is 0 Å². The molecule has 0 atom stereocenters. The van der Waals surface area contributed by atoms with Gasteiger partial charge in [-0.2, -0.15) is 0 Å². The van der Waals surface area contributed by atoms with Gasteiger partial charge < -0.3 is 9.64 Å². The van der Waals surface area contributed by atoms with Gasteiger partial charge in [0.25, 0.3) is 5.91 Å². The van der Waals surface area contributed by atoms with Crippen LogP contribution in [0.15, 0.2) is 41.3 Å². The molecule has 0 unspecified atom stereocenters. The van der Waals surface area contributed by atoms with Gasteiger partial charge in [0.05, 0.1) is 12.0 Å². The first-order valence-electron chi connectivity index (χ1n) is 9.18. The molecule has 0 radical (unpaired) electrons. The maximum Gasteiger partial charge on any atom is 0.254 e. The highest BCUT2D eigenvalue weighted by Crippen LogP contribution is 2.35. The summed E-state index contributed by atoms with van der Waals surface area (Å²) in [5.41, 5.74) is 3.12. The van der Waals surface area contributed by atoms with Gasteiger partial charge in [0.15, 0.2) is 0 Å². The van der Waals surface area contributed by atoms with E-state index < -0.39 is 10.0 Å². The van der Waals surface area contributed by atoms with E-state index in [1.54, 1.807) is 50.4 Å². The number of nitrogens with zero attached hydrogens (tertiary/aromatic N) is 2. The van der Waals surface area contributed by atoms with Gasteiger partial charge in [-0.05, 0) is 47.4 Å². The molecule has 0 aliphatic carbocycles. The van der Waals surface area contributed by atoms with Crippen molar-refractivity contribution in [2.45, 2.75) is 25.3 Å². The molecule has 3 rings (SSSR count). The van der Waals surface area contributed by atoms with E-state index in [0.29, 0.717) is 30.0 Å². The molecule has 150 valence electrons. The van der Waals surface area contributed by atoms with E-state index in [4.69, 9.17) is 4.74 Å². The molecule has 28 heavy (non-hydrogen) atoms. The van der Waals surface area contributed by atoms with Crippen molar-refractivity contribution in [1.82, 2.24) is 9.21 Å². The van der Waals surface area contributed by atoms with Gasteiger partial charge in [-0.1, -0.05) is 19.9 Å². The summed E-state index contributed by atoms with van der Waals surface area (Å²) in [7, 11) is 1.31. The number of benzene rings is 2. The summed E-state index contributed by atoms with van der Waals surface area (Å²) in [5, 5.41) is 0. The third-order valence-corrected chi connectivity index (χ3v) is 6.72. The molecule has 1 aliphatic heterocycles. The quantitative estimate of drug-likeness (QED) is 0.744. The van der Waals surface area contributed by atoms with E-state index in [-0.39, 0.29) is 16.7 Å². The highest BCUT2D eigenvalue weighted by Gasteiger charge is 2.26. The largest absolute Gasteiger partial charge is 0.496 e. The monoisotopic (exact) mass is 402 g/mol. The summed E-state index contributed by atoms with van der Waals surface area (Å²) in [6.07, 6.45) is 0. The second-order valence-corrected chi connectivity index (χ2v) is 9.62. The highest BCUT2D eigenvalue weighted by molar-refractivity contribution is 7.89. The van der Waals surface area contributed by atoms with Crippen molar-refractivity contribution in [1.29, 1.82) is 0 Å². The fourth-order valence-corrected chi connectivity index (χ4v) is 4.86. The zero-order valence-corrected chi connectivity index (χ0v) is 17.7. The minimum absolute atomic E-state index is 0.000142. The number of ether oxygens (including phenoxy) is 1. The standard InChI is InChI=1S/C21H26N2O4S/c1-14(2)12-23(4)28(25,26)17-7-9-20(27-5)19(11-17)15-6-8-18-16(10-15)13-22(3)21(18)24/h6-11,14H,12-13H2,1-5H3. The van der Waals surface area contributed by atoms with Crippen LogP contribution in [0.5, 0.6) is 5.75 Å². The number of hydrogen-bond donors (Lipinski definition) is 0. The van der Waals surface area contributed by atoms with Crippen LogP contribution in [0, 0.1) is 5.92 Å². The molecule has 1 heterocycles. The van der Waals surface area contributed by atoms with Crippen molar-refractivity contribution >= 4 is 15.9 Å². The van der Waals surface area contributed by atoms with Crippen molar-refractivity contribution in [2.24, 2.45) is 5.92 Å². The number of fused-ring (bicyclic) bond motifs is 1. The van der Waals surface area contributed by atoms with Gasteiger partial charge in [0.2, 0.25) is 10.0 Å². The van der Waals surface area contributed by atoms with Crippen LogP contribution < -0.4 is 4.74 Å². The fraction of sp³-hybridized carbons (Fsp3) is 0.381. The molecule has 0 saturated heterocycles. The lowest BCUT2D eigenvalue weighted by molar-refractivity contribution is 0.0816. The lowest BCUT2D eigenvalue weighted by Gasteiger charge is -2.20. The Bertz CT molecular complexity index is 1020. The van der Waals surface area contributed by atoms with Crippen LogP contribution in [0.1, 0.15) is 29.8 Å². The van der Waals surface area contributed by atoms with E-state index in [0.717, 1.165) is 11.1 Å². The van der Waals surface area contributed by atoms with Crippen LogP contribution in [0.4, 0.5) is 0 Å².